The summed E-state index contributed by atoms with van der Waals surface area (Å²) in [5, 5.41) is 13.6. The first-order valence-electron chi connectivity index (χ1n) is 21.0. The summed E-state index contributed by atoms with van der Waals surface area (Å²) in [6.45, 7) is 5.74. The van der Waals surface area contributed by atoms with E-state index in [4.69, 9.17) is 9.72 Å². The molecule has 4 heterocycles. The van der Waals surface area contributed by atoms with Crippen LogP contribution in [0.1, 0.15) is 56.9 Å². The highest BCUT2D eigenvalue weighted by Crippen LogP contribution is 2.31. The Bertz CT molecular complexity index is 2420. The fraction of sp³-hybridized carbons (Fsp3) is 0.326. The van der Waals surface area contributed by atoms with Gasteiger partial charge < -0.3 is 19.9 Å². The van der Waals surface area contributed by atoms with Crippen molar-refractivity contribution >= 4 is 40.8 Å². The molecular formula is C46H48F3N9O6. The van der Waals surface area contributed by atoms with E-state index in [9.17, 15) is 37.7 Å². The van der Waals surface area contributed by atoms with E-state index in [-0.39, 0.29) is 40.6 Å². The van der Waals surface area contributed by atoms with Crippen molar-refractivity contribution in [1.29, 1.82) is 0 Å². The average molecular weight is 880 g/mol. The van der Waals surface area contributed by atoms with Crippen LogP contribution in [0.5, 0.6) is 5.75 Å². The van der Waals surface area contributed by atoms with Gasteiger partial charge in [0.15, 0.2) is 0 Å². The number of rotatable bonds is 14. The SMILES string of the molecule is CN(CCN1CCN(C(=O)Oc2ccc([N+](=O)[O-])cc2)CC1)Cc1cccc(C(=O)N(c2ccc(N3CCCCC3)cc2)c2cc(C(=O)NCc3cccc(C(F)(F)F)c3)ccn2)n1. The summed E-state index contributed by atoms with van der Waals surface area (Å²) in [5.41, 5.74) is 1.88. The highest BCUT2D eigenvalue weighted by atomic mass is 19.4. The molecule has 0 unspecified atom stereocenters. The Morgan fingerprint density at radius 3 is 2.28 bits per heavy atom. The molecule has 2 aliphatic heterocycles. The lowest BCUT2D eigenvalue weighted by Gasteiger charge is -2.34. The van der Waals surface area contributed by atoms with Crippen molar-refractivity contribution in [3.05, 3.63) is 148 Å². The number of ether oxygens (including phenoxy) is 1. The molecule has 3 amide bonds. The maximum Gasteiger partial charge on any atom is 0.416 e. The van der Waals surface area contributed by atoms with Crippen molar-refractivity contribution in [3.63, 3.8) is 0 Å². The van der Waals surface area contributed by atoms with Crippen molar-refractivity contribution in [2.45, 2.75) is 38.5 Å². The van der Waals surface area contributed by atoms with Crippen LogP contribution in [0.3, 0.4) is 0 Å². The first-order chi connectivity index (χ1) is 30.8. The van der Waals surface area contributed by atoms with Crippen molar-refractivity contribution in [2.75, 3.05) is 69.2 Å². The Morgan fingerprint density at radius 1 is 0.859 bits per heavy atom. The lowest BCUT2D eigenvalue weighted by atomic mass is 10.1. The molecule has 2 fully saturated rings. The molecule has 334 valence electrons. The van der Waals surface area contributed by atoms with E-state index in [1.54, 1.807) is 17.0 Å². The molecule has 2 saturated heterocycles. The van der Waals surface area contributed by atoms with Crippen molar-refractivity contribution < 1.29 is 37.2 Å². The zero-order valence-electron chi connectivity index (χ0n) is 35.2. The molecule has 15 nitrogen and oxygen atoms in total. The summed E-state index contributed by atoms with van der Waals surface area (Å²) < 4.78 is 45.3. The minimum atomic E-state index is -4.52. The Balaban J connectivity index is 0.999. The number of hydrogen-bond acceptors (Lipinski definition) is 11. The van der Waals surface area contributed by atoms with Gasteiger partial charge in [-0.2, -0.15) is 13.2 Å². The van der Waals surface area contributed by atoms with Gasteiger partial charge in [-0.05, 0) is 105 Å². The Kier molecular flexibility index (Phi) is 14.5. The molecule has 18 heteroatoms. The summed E-state index contributed by atoms with van der Waals surface area (Å²) in [6, 6.07) is 25.9. The lowest BCUT2D eigenvalue weighted by molar-refractivity contribution is -0.384. The zero-order chi connectivity index (χ0) is 45.2. The van der Waals surface area contributed by atoms with Crippen molar-refractivity contribution in [3.8, 4) is 5.75 Å². The molecule has 1 N–H and O–H groups in total. The van der Waals surface area contributed by atoms with Crippen molar-refractivity contribution in [2.24, 2.45) is 0 Å². The fourth-order valence-corrected chi connectivity index (χ4v) is 7.57. The van der Waals surface area contributed by atoms with Crippen LogP contribution in [0.25, 0.3) is 0 Å². The van der Waals surface area contributed by atoms with E-state index in [1.165, 1.54) is 66.0 Å². The summed E-state index contributed by atoms with van der Waals surface area (Å²) in [5.74, 6) is -0.640. The number of hydrogen-bond donors (Lipinski definition) is 1. The van der Waals surface area contributed by atoms with Gasteiger partial charge in [-0.1, -0.05) is 18.2 Å². The predicted octanol–water partition coefficient (Wildman–Crippen LogP) is 7.55. The summed E-state index contributed by atoms with van der Waals surface area (Å²) in [7, 11) is 1.96. The number of aromatic nitrogens is 2. The molecular weight excluding hydrogens is 832 g/mol. The molecule has 0 spiro atoms. The van der Waals surface area contributed by atoms with Crippen LogP contribution >= 0.6 is 0 Å². The summed E-state index contributed by atoms with van der Waals surface area (Å²) in [4.78, 5) is 69.9. The maximum atomic E-state index is 14.6. The van der Waals surface area contributed by atoms with Crippen LogP contribution in [0.4, 0.5) is 40.8 Å². The maximum absolute atomic E-state index is 14.6. The molecule has 0 saturated carbocycles. The largest absolute Gasteiger partial charge is 0.416 e. The fourth-order valence-electron chi connectivity index (χ4n) is 7.57. The van der Waals surface area contributed by atoms with Gasteiger partial charge in [0, 0.05) is 95.0 Å². The first-order valence-corrected chi connectivity index (χ1v) is 21.0. The molecule has 0 atom stereocenters. The number of nitro groups is 1. The monoisotopic (exact) mass is 879 g/mol. The van der Waals surface area contributed by atoms with E-state index in [0.717, 1.165) is 50.3 Å². The van der Waals surface area contributed by atoms with E-state index in [2.05, 4.69) is 25.0 Å². The third-order valence-electron chi connectivity index (χ3n) is 11.1. The van der Waals surface area contributed by atoms with E-state index >= 15 is 0 Å². The highest BCUT2D eigenvalue weighted by Gasteiger charge is 2.31. The molecule has 7 rings (SSSR count). The van der Waals surface area contributed by atoms with Gasteiger partial charge >= 0.3 is 12.3 Å². The van der Waals surface area contributed by atoms with E-state index in [1.807, 2.05) is 37.4 Å². The number of alkyl halides is 3. The number of benzene rings is 3. The molecule has 3 aromatic carbocycles. The van der Waals surface area contributed by atoms with Gasteiger partial charge in [0.05, 0.1) is 21.9 Å². The normalized spacial score (nSPS) is 14.6. The number of non-ortho nitro benzene ring substituents is 1. The number of halogens is 3. The number of nitrogens with one attached hydrogen (secondary N) is 1. The van der Waals surface area contributed by atoms with Crippen LogP contribution in [0.15, 0.2) is 109 Å². The number of anilines is 3. The molecule has 0 bridgehead atoms. The van der Waals surface area contributed by atoms with E-state index in [0.29, 0.717) is 50.6 Å². The number of nitrogens with zero attached hydrogens (tertiary/aromatic N) is 8. The van der Waals surface area contributed by atoms with Gasteiger partial charge in [0.1, 0.15) is 17.3 Å². The number of nitro benzene ring substituents is 1. The molecule has 5 aromatic rings. The second kappa shape index (κ2) is 20.5. The number of likely N-dealkylation sites (N-methyl/N-ethyl adjacent to an activating group) is 1. The first kappa shape index (κ1) is 45.1. The number of pyridine rings is 2. The number of carbonyl (C=O) groups is 3. The van der Waals surface area contributed by atoms with Crippen LogP contribution in [0.2, 0.25) is 0 Å². The number of carbonyl (C=O) groups excluding carboxylic acids is 3. The predicted molar refractivity (Wildman–Crippen MR) is 234 cm³/mol. The summed E-state index contributed by atoms with van der Waals surface area (Å²) >= 11 is 0. The minimum absolute atomic E-state index is 0.0904. The van der Waals surface area contributed by atoms with Gasteiger partial charge in [-0.15, -0.1) is 0 Å². The topological polar surface area (TPSA) is 158 Å². The quantitative estimate of drug-likeness (QED) is 0.0868. The lowest BCUT2D eigenvalue weighted by Crippen LogP contribution is -2.50. The Morgan fingerprint density at radius 2 is 1.58 bits per heavy atom. The third-order valence-corrected chi connectivity index (χ3v) is 11.1. The smallest absolute Gasteiger partial charge is 0.410 e. The number of piperazine rings is 1. The molecule has 0 radical (unpaired) electrons. The van der Waals surface area contributed by atoms with Crippen molar-refractivity contribution in [1.82, 2.24) is 30.0 Å². The third kappa shape index (κ3) is 11.8. The second-order valence-corrected chi connectivity index (χ2v) is 15.7. The van der Waals surface area contributed by atoms with Gasteiger partial charge in [0.25, 0.3) is 17.5 Å². The van der Waals surface area contributed by atoms with Gasteiger partial charge in [0.2, 0.25) is 0 Å². The number of amides is 3. The Labute approximate surface area is 368 Å². The molecule has 2 aromatic heterocycles. The average Bonchev–Trinajstić information content (AvgIpc) is 3.31. The van der Waals surface area contributed by atoms with Gasteiger partial charge in [-0.25, -0.2) is 14.8 Å². The minimum Gasteiger partial charge on any atom is -0.410 e. The van der Waals surface area contributed by atoms with Crippen LogP contribution in [0, 0.1) is 10.1 Å². The molecule has 0 aliphatic carbocycles. The standard InChI is InChI=1S/C46H48F3N9O6/c1-53(23-24-54-25-27-56(28-26-54)45(61)64-40-17-15-39(16-18-40)58(62)63)32-36-9-6-10-41(52-36)44(60)57(38-13-11-37(12-14-38)55-21-3-2-4-22-55)42-30-34(19-20-50-42)43(59)51-31-33-7-5-8-35(29-33)46(47,48)49/h5-20,29-30H,2-4,21-28,31-32H2,1H3,(H,51,59). The van der Waals surface area contributed by atoms with Crippen LogP contribution < -0.4 is 19.9 Å². The van der Waals surface area contributed by atoms with Gasteiger partial charge in [-0.3, -0.25) is 34.4 Å². The highest BCUT2D eigenvalue weighted by molar-refractivity contribution is 6.10. The molecule has 2 aliphatic rings. The number of piperidine rings is 1. The summed E-state index contributed by atoms with van der Waals surface area (Å²) in [6.07, 6.45) is -0.250. The van der Waals surface area contributed by atoms with Crippen LogP contribution in [-0.4, -0.2) is 107 Å². The van der Waals surface area contributed by atoms with Crippen LogP contribution in [-0.2, 0) is 19.3 Å². The molecule has 64 heavy (non-hydrogen) atoms. The zero-order valence-corrected chi connectivity index (χ0v) is 35.2. The second-order valence-electron chi connectivity index (χ2n) is 15.7. The Hall–Kier alpha value is -6.92. The van der Waals surface area contributed by atoms with E-state index < -0.39 is 34.6 Å².